The maximum atomic E-state index is 12.2. The third-order valence-corrected chi connectivity index (χ3v) is 2.72. The van der Waals surface area contributed by atoms with Gasteiger partial charge in [-0.1, -0.05) is 13.8 Å². The molecular formula is C15H26N4O2. The Morgan fingerprint density at radius 1 is 1.38 bits per heavy atom. The second-order valence-electron chi connectivity index (χ2n) is 6.84. The number of nitrogens with zero attached hydrogens (tertiary/aromatic N) is 2. The molecule has 0 aliphatic heterocycles. The fraction of sp³-hybridized carbons (Fsp3) is 0.667. The van der Waals surface area contributed by atoms with Crippen molar-refractivity contribution in [2.24, 2.45) is 5.92 Å². The Hall–Kier alpha value is -1.85. The van der Waals surface area contributed by atoms with Crippen LogP contribution in [0.2, 0.25) is 0 Å². The average Bonchev–Trinajstić information content (AvgIpc) is 2.72. The minimum Gasteiger partial charge on any atom is -0.350 e. The number of aromatic amines is 1. The van der Waals surface area contributed by atoms with Crippen molar-refractivity contribution in [3.05, 3.63) is 17.5 Å². The maximum absolute atomic E-state index is 12.2. The highest BCUT2D eigenvalue weighted by molar-refractivity contribution is 5.94. The molecule has 0 aliphatic rings. The monoisotopic (exact) mass is 294 g/mol. The van der Waals surface area contributed by atoms with Crippen molar-refractivity contribution >= 4 is 11.8 Å². The minimum atomic E-state index is -0.308. The minimum absolute atomic E-state index is 0.0163. The lowest BCUT2D eigenvalue weighted by Gasteiger charge is -2.23. The first-order chi connectivity index (χ1) is 9.58. The number of carbonyl (C=O) groups excluding carboxylic acids is 2. The molecule has 0 aromatic carbocycles. The van der Waals surface area contributed by atoms with Gasteiger partial charge in [-0.2, -0.15) is 5.10 Å². The van der Waals surface area contributed by atoms with Gasteiger partial charge in [0.25, 0.3) is 5.91 Å². The molecule has 0 aliphatic carbocycles. The van der Waals surface area contributed by atoms with Gasteiger partial charge in [0.15, 0.2) is 0 Å². The van der Waals surface area contributed by atoms with E-state index in [1.165, 1.54) is 4.90 Å². The van der Waals surface area contributed by atoms with Gasteiger partial charge in [-0.15, -0.1) is 0 Å². The smallest absolute Gasteiger partial charge is 0.274 e. The van der Waals surface area contributed by atoms with Crippen molar-refractivity contribution in [2.75, 3.05) is 13.6 Å². The molecule has 0 atom stereocenters. The van der Waals surface area contributed by atoms with E-state index in [4.69, 9.17) is 0 Å². The van der Waals surface area contributed by atoms with E-state index in [0.717, 1.165) is 12.1 Å². The summed E-state index contributed by atoms with van der Waals surface area (Å²) in [7, 11) is 1.60. The molecule has 0 saturated heterocycles. The summed E-state index contributed by atoms with van der Waals surface area (Å²) in [5, 5.41) is 9.72. The lowest BCUT2D eigenvalue weighted by molar-refractivity contribution is -0.122. The van der Waals surface area contributed by atoms with Crippen LogP contribution in [0.1, 0.15) is 50.8 Å². The zero-order valence-corrected chi connectivity index (χ0v) is 13.8. The van der Waals surface area contributed by atoms with Gasteiger partial charge in [0.2, 0.25) is 5.91 Å². The molecule has 0 unspecified atom stereocenters. The molecule has 0 saturated carbocycles. The van der Waals surface area contributed by atoms with Crippen molar-refractivity contribution in [3.8, 4) is 0 Å². The van der Waals surface area contributed by atoms with Gasteiger partial charge in [0.1, 0.15) is 5.69 Å². The molecule has 1 aromatic rings. The number of hydrogen-bond acceptors (Lipinski definition) is 3. The fourth-order valence-corrected chi connectivity index (χ4v) is 1.96. The topological polar surface area (TPSA) is 78.1 Å². The van der Waals surface area contributed by atoms with Crippen molar-refractivity contribution < 1.29 is 9.59 Å². The number of aromatic nitrogens is 2. The van der Waals surface area contributed by atoms with Crippen molar-refractivity contribution in [3.63, 3.8) is 0 Å². The second-order valence-corrected chi connectivity index (χ2v) is 6.84. The molecule has 0 bridgehead atoms. The second kappa shape index (κ2) is 6.74. The number of rotatable bonds is 5. The molecule has 1 heterocycles. The highest BCUT2D eigenvalue weighted by Crippen LogP contribution is 2.08. The molecule has 2 amide bonds. The summed E-state index contributed by atoms with van der Waals surface area (Å²) in [6.07, 6.45) is 0.842. The average molecular weight is 294 g/mol. The van der Waals surface area contributed by atoms with Gasteiger partial charge in [-0.05, 0) is 39.2 Å². The third-order valence-electron chi connectivity index (χ3n) is 2.72. The molecule has 0 fully saturated rings. The zero-order chi connectivity index (χ0) is 16.2. The maximum Gasteiger partial charge on any atom is 0.274 e. The molecular weight excluding hydrogens is 268 g/mol. The lowest BCUT2D eigenvalue weighted by atomic mass is 10.1. The number of H-pyrrole nitrogens is 1. The first-order valence-electron chi connectivity index (χ1n) is 7.19. The van der Waals surface area contributed by atoms with Crippen LogP contribution in [0.3, 0.4) is 0 Å². The van der Waals surface area contributed by atoms with Crippen LogP contribution in [0.25, 0.3) is 0 Å². The van der Waals surface area contributed by atoms with E-state index in [1.807, 2.05) is 20.8 Å². The van der Waals surface area contributed by atoms with Crippen LogP contribution in [0.5, 0.6) is 0 Å². The van der Waals surface area contributed by atoms with Crippen LogP contribution in [0, 0.1) is 5.92 Å². The number of hydrogen-bond donors (Lipinski definition) is 2. The van der Waals surface area contributed by atoms with Gasteiger partial charge in [0, 0.05) is 18.3 Å². The van der Waals surface area contributed by atoms with E-state index in [-0.39, 0.29) is 23.9 Å². The van der Waals surface area contributed by atoms with E-state index in [9.17, 15) is 9.59 Å². The van der Waals surface area contributed by atoms with Crippen molar-refractivity contribution in [1.29, 1.82) is 0 Å². The molecule has 2 N–H and O–H groups in total. The number of amides is 2. The Morgan fingerprint density at radius 2 is 2.00 bits per heavy atom. The van der Waals surface area contributed by atoms with E-state index < -0.39 is 0 Å². The summed E-state index contributed by atoms with van der Waals surface area (Å²) in [6, 6.07) is 1.75. The zero-order valence-electron chi connectivity index (χ0n) is 13.8. The summed E-state index contributed by atoms with van der Waals surface area (Å²) in [5.41, 5.74) is 0.968. The van der Waals surface area contributed by atoms with Crippen LogP contribution >= 0.6 is 0 Å². The molecule has 118 valence electrons. The summed E-state index contributed by atoms with van der Waals surface area (Å²) in [5.74, 6) is 0.0466. The van der Waals surface area contributed by atoms with Crippen LogP contribution in [-0.4, -0.2) is 46.0 Å². The molecule has 1 rings (SSSR count). The Kier molecular flexibility index (Phi) is 5.52. The summed E-state index contributed by atoms with van der Waals surface area (Å²) >= 11 is 0. The van der Waals surface area contributed by atoms with E-state index in [1.54, 1.807) is 13.1 Å². The Balaban J connectivity index is 2.62. The summed E-state index contributed by atoms with van der Waals surface area (Å²) in [4.78, 5) is 25.4. The number of likely N-dealkylation sites (N-methyl/N-ethyl adjacent to an activating group) is 1. The molecule has 0 spiro atoms. The normalized spacial score (nSPS) is 11.6. The van der Waals surface area contributed by atoms with Crippen LogP contribution in [0.4, 0.5) is 0 Å². The fourth-order valence-electron chi connectivity index (χ4n) is 1.96. The van der Waals surface area contributed by atoms with Gasteiger partial charge >= 0.3 is 0 Å². The summed E-state index contributed by atoms with van der Waals surface area (Å²) in [6.45, 7) is 9.93. The predicted molar refractivity (Wildman–Crippen MR) is 82.0 cm³/mol. The van der Waals surface area contributed by atoms with Gasteiger partial charge in [-0.3, -0.25) is 14.7 Å². The Morgan fingerprint density at radius 3 is 2.52 bits per heavy atom. The van der Waals surface area contributed by atoms with Crippen molar-refractivity contribution in [2.45, 2.75) is 46.6 Å². The molecule has 6 heteroatoms. The largest absolute Gasteiger partial charge is 0.350 e. The number of nitrogens with one attached hydrogen (secondary N) is 2. The first kappa shape index (κ1) is 17.2. The van der Waals surface area contributed by atoms with Crippen LogP contribution in [-0.2, 0) is 11.2 Å². The van der Waals surface area contributed by atoms with Crippen LogP contribution < -0.4 is 5.32 Å². The Bertz CT molecular complexity index is 500. The van der Waals surface area contributed by atoms with Gasteiger partial charge in [-0.25, -0.2) is 0 Å². The third kappa shape index (κ3) is 5.97. The van der Waals surface area contributed by atoms with E-state index in [2.05, 4.69) is 29.4 Å². The van der Waals surface area contributed by atoms with Crippen molar-refractivity contribution in [1.82, 2.24) is 20.4 Å². The highest BCUT2D eigenvalue weighted by atomic mass is 16.2. The van der Waals surface area contributed by atoms with Gasteiger partial charge < -0.3 is 10.2 Å². The molecule has 6 nitrogen and oxygen atoms in total. The van der Waals surface area contributed by atoms with E-state index in [0.29, 0.717) is 11.6 Å². The van der Waals surface area contributed by atoms with Gasteiger partial charge in [0.05, 0.1) is 6.54 Å². The molecule has 21 heavy (non-hydrogen) atoms. The molecule has 0 radical (unpaired) electrons. The first-order valence-corrected chi connectivity index (χ1v) is 7.19. The van der Waals surface area contributed by atoms with E-state index >= 15 is 0 Å². The highest BCUT2D eigenvalue weighted by Gasteiger charge is 2.20. The lowest BCUT2D eigenvalue weighted by Crippen LogP contribution is -2.46. The Labute approximate surface area is 126 Å². The SMILES string of the molecule is CC(C)Cc1cc(C(=O)N(C)CC(=O)NC(C)(C)C)n[nH]1. The summed E-state index contributed by atoms with van der Waals surface area (Å²) < 4.78 is 0. The van der Waals surface area contributed by atoms with Crippen LogP contribution in [0.15, 0.2) is 6.07 Å². The predicted octanol–water partition coefficient (Wildman–Crippen LogP) is 1.59. The molecule has 1 aromatic heterocycles. The quantitative estimate of drug-likeness (QED) is 0.865. The standard InChI is InChI=1S/C15H26N4O2/c1-10(2)7-11-8-12(18-17-11)14(21)19(6)9-13(20)16-15(3,4)5/h8,10H,7,9H2,1-6H3,(H,16,20)(H,17,18). The number of carbonyl (C=O) groups is 2.